The second-order valence-corrected chi connectivity index (χ2v) is 11.0. The highest BCUT2D eigenvalue weighted by molar-refractivity contribution is 7.91. The fraction of sp³-hybridized carbons (Fsp3) is 0.368. The molecular weight excluding hydrogens is 388 g/mol. The molecule has 0 unspecified atom stereocenters. The van der Waals surface area contributed by atoms with Crippen LogP contribution in [-0.4, -0.2) is 27.8 Å². The molecule has 1 fully saturated rings. The van der Waals surface area contributed by atoms with Crippen LogP contribution in [0.2, 0.25) is 0 Å². The van der Waals surface area contributed by atoms with Crippen molar-refractivity contribution in [2.24, 2.45) is 5.92 Å². The molecule has 0 N–H and O–H groups in total. The third-order valence-corrected chi connectivity index (χ3v) is 7.66. The lowest BCUT2D eigenvalue weighted by atomic mass is 10.3. The molecule has 2 aromatic carbocycles. The van der Waals surface area contributed by atoms with Gasteiger partial charge in [-0.2, -0.15) is 8.42 Å². The summed E-state index contributed by atoms with van der Waals surface area (Å²) in [7, 11) is -6.89. The molecule has 146 valence electrons. The summed E-state index contributed by atoms with van der Waals surface area (Å²) in [6.45, 7) is 3.09. The summed E-state index contributed by atoms with van der Waals surface area (Å²) in [4.78, 5) is 0.296. The van der Waals surface area contributed by atoms with Crippen LogP contribution in [0.3, 0.4) is 0 Å². The van der Waals surface area contributed by atoms with E-state index in [1.54, 1.807) is 50.2 Å². The fourth-order valence-corrected chi connectivity index (χ4v) is 4.60. The van der Waals surface area contributed by atoms with Gasteiger partial charge in [-0.05, 0) is 81.1 Å². The van der Waals surface area contributed by atoms with Gasteiger partial charge in [0.05, 0.1) is 15.9 Å². The van der Waals surface area contributed by atoms with Gasteiger partial charge in [0.15, 0.2) is 9.84 Å². The van der Waals surface area contributed by atoms with Crippen molar-refractivity contribution in [3.05, 3.63) is 48.5 Å². The number of hydrogen-bond acceptors (Lipinski definition) is 6. The molecule has 0 bridgehead atoms. The number of benzene rings is 2. The van der Waals surface area contributed by atoms with Crippen LogP contribution in [0.15, 0.2) is 53.4 Å². The molecule has 27 heavy (non-hydrogen) atoms. The Hall–Kier alpha value is -2.06. The number of ether oxygens (including phenoxy) is 1. The molecule has 2 aromatic rings. The molecule has 1 aliphatic carbocycles. The highest BCUT2D eigenvalue weighted by Gasteiger charge is 2.29. The average Bonchev–Trinajstić information content (AvgIpc) is 3.40. The van der Waals surface area contributed by atoms with Gasteiger partial charge in [-0.1, -0.05) is 0 Å². The minimum absolute atomic E-state index is 0.202. The van der Waals surface area contributed by atoms with Crippen molar-refractivity contribution in [2.75, 3.05) is 5.75 Å². The lowest BCUT2D eigenvalue weighted by Gasteiger charge is -2.11. The zero-order valence-electron chi connectivity index (χ0n) is 15.2. The number of sulfone groups is 1. The van der Waals surface area contributed by atoms with Crippen LogP contribution in [0, 0.1) is 5.92 Å². The van der Waals surface area contributed by atoms with Gasteiger partial charge in [0.1, 0.15) is 17.2 Å². The van der Waals surface area contributed by atoms with Gasteiger partial charge in [-0.3, -0.25) is 0 Å². The zero-order valence-corrected chi connectivity index (χ0v) is 16.8. The maximum absolute atomic E-state index is 12.2. The van der Waals surface area contributed by atoms with Gasteiger partial charge in [-0.25, -0.2) is 8.42 Å². The molecule has 0 aliphatic heterocycles. The predicted molar refractivity (Wildman–Crippen MR) is 102 cm³/mol. The Morgan fingerprint density at radius 3 is 1.81 bits per heavy atom. The second kappa shape index (κ2) is 7.52. The third-order valence-electron chi connectivity index (χ3n) is 4.18. The van der Waals surface area contributed by atoms with Gasteiger partial charge < -0.3 is 8.92 Å². The molecule has 6 nitrogen and oxygen atoms in total. The summed E-state index contributed by atoms with van der Waals surface area (Å²) in [5.41, 5.74) is 0. The minimum Gasteiger partial charge on any atom is -0.457 e. The largest absolute Gasteiger partial charge is 0.457 e. The van der Waals surface area contributed by atoms with Crippen LogP contribution in [0.5, 0.6) is 17.2 Å². The summed E-state index contributed by atoms with van der Waals surface area (Å²) < 4.78 is 58.7. The highest BCUT2D eigenvalue weighted by Crippen LogP contribution is 2.33. The van der Waals surface area contributed by atoms with Crippen LogP contribution in [0.1, 0.15) is 26.7 Å². The second-order valence-electron chi connectivity index (χ2n) is 6.89. The van der Waals surface area contributed by atoms with E-state index in [-0.39, 0.29) is 11.5 Å². The van der Waals surface area contributed by atoms with Crippen molar-refractivity contribution in [3.63, 3.8) is 0 Å². The Balaban J connectivity index is 1.65. The third kappa shape index (κ3) is 5.23. The van der Waals surface area contributed by atoms with E-state index in [0.29, 0.717) is 22.3 Å². The quantitative estimate of drug-likeness (QED) is 0.616. The van der Waals surface area contributed by atoms with E-state index in [9.17, 15) is 16.8 Å². The Labute approximate surface area is 160 Å². The molecule has 1 aliphatic rings. The molecular formula is C19H22O6S2. The van der Waals surface area contributed by atoms with Crippen molar-refractivity contribution < 1.29 is 25.8 Å². The highest BCUT2D eigenvalue weighted by atomic mass is 32.2. The first-order valence-electron chi connectivity index (χ1n) is 8.70. The van der Waals surface area contributed by atoms with E-state index >= 15 is 0 Å². The lowest BCUT2D eigenvalue weighted by Crippen LogP contribution is -2.19. The normalized spacial score (nSPS) is 14.9. The van der Waals surface area contributed by atoms with Crippen molar-refractivity contribution >= 4 is 20.0 Å². The van der Waals surface area contributed by atoms with Crippen molar-refractivity contribution in [2.45, 2.75) is 36.8 Å². The molecule has 0 aromatic heterocycles. The molecule has 8 heteroatoms. The van der Waals surface area contributed by atoms with Crippen molar-refractivity contribution in [1.29, 1.82) is 0 Å². The summed E-state index contributed by atoms with van der Waals surface area (Å²) in [5.74, 6) is 1.68. The molecule has 1 saturated carbocycles. The van der Waals surface area contributed by atoms with E-state index in [4.69, 9.17) is 8.92 Å². The number of hydrogen-bond donors (Lipinski definition) is 0. The molecule has 0 atom stereocenters. The molecule has 0 radical (unpaired) electrons. The first-order valence-corrected chi connectivity index (χ1v) is 11.8. The summed E-state index contributed by atoms with van der Waals surface area (Å²) in [6, 6.07) is 12.5. The van der Waals surface area contributed by atoms with Crippen LogP contribution >= 0.6 is 0 Å². The first kappa shape index (κ1) is 19.7. The standard InChI is InChI=1S/C19H22O6S2/c1-14(2)27(22,23)25-18-7-5-16(6-8-18)24-17-9-11-19(12-10-17)26(20,21)13-15-3-4-15/h5-12,14-15H,3-4,13H2,1-2H3. The lowest BCUT2D eigenvalue weighted by molar-refractivity contribution is 0.469. The molecule has 0 heterocycles. The van der Waals surface area contributed by atoms with E-state index in [0.717, 1.165) is 12.8 Å². The van der Waals surface area contributed by atoms with Crippen LogP contribution < -0.4 is 8.92 Å². The summed E-state index contributed by atoms with van der Waals surface area (Å²) in [5, 5.41) is -0.636. The molecule has 3 rings (SSSR count). The minimum atomic E-state index is -3.64. The molecule has 0 amide bonds. The van der Waals surface area contributed by atoms with Gasteiger partial charge in [-0.15, -0.1) is 0 Å². The van der Waals surface area contributed by atoms with Gasteiger partial charge in [0, 0.05) is 0 Å². The van der Waals surface area contributed by atoms with E-state index < -0.39 is 25.2 Å². The summed E-state index contributed by atoms with van der Waals surface area (Å²) >= 11 is 0. The van der Waals surface area contributed by atoms with Crippen molar-refractivity contribution in [1.82, 2.24) is 0 Å². The number of rotatable bonds is 8. The topological polar surface area (TPSA) is 86.7 Å². The van der Waals surface area contributed by atoms with E-state index in [1.165, 1.54) is 12.1 Å². The Kier molecular flexibility index (Phi) is 5.48. The summed E-state index contributed by atoms with van der Waals surface area (Å²) in [6.07, 6.45) is 1.97. The van der Waals surface area contributed by atoms with Crippen LogP contribution in [-0.2, 0) is 20.0 Å². The van der Waals surface area contributed by atoms with Crippen LogP contribution in [0.4, 0.5) is 0 Å². The van der Waals surface area contributed by atoms with E-state index in [1.807, 2.05) is 0 Å². The molecule has 0 spiro atoms. The fourth-order valence-electron chi connectivity index (χ4n) is 2.34. The monoisotopic (exact) mass is 410 g/mol. The predicted octanol–water partition coefficient (Wildman–Crippen LogP) is 3.78. The Morgan fingerprint density at radius 1 is 0.852 bits per heavy atom. The van der Waals surface area contributed by atoms with Crippen LogP contribution in [0.25, 0.3) is 0 Å². The van der Waals surface area contributed by atoms with Gasteiger partial charge in [0.2, 0.25) is 0 Å². The average molecular weight is 411 g/mol. The van der Waals surface area contributed by atoms with Gasteiger partial charge >= 0.3 is 10.1 Å². The van der Waals surface area contributed by atoms with E-state index in [2.05, 4.69) is 0 Å². The molecule has 0 saturated heterocycles. The zero-order chi connectivity index (χ0) is 19.7. The Morgan fingerprint density at radius 2 is 1.33 bits per heavy atom. The smallest absolute Gasteiger partial charge is 0.311 e. The maximum atomic E-state index is 12.2. The SMILES string of the molecule is CC(C)S(=O)(=O)Oc1ccc(Oc2ccc(S(=O)(=O)CC3CC3)cc2)cc1. The van der Waals surface area contributed by atoms with Crippen molar-refractivity contribution in [3.8, 4) is 17.2 Å². The maximum Gasteiger partial charge on any atom is 0.311 e. The first-order chi connectivity index (χ1) is 12.7. The Bertz CT molecular complexity index is 987. The van der Waals surface area contributed by atoms with Gasteiger partial charge in [0.25, 0.3) is 0 Å².